The quantitative estimate of drug-likeness (QED) is 0.637. The molecule has 20 heavy (non-hydrogen) atoms. The van der Waals surface area contributed by atoms with E-state index in [1.54, 1.807) is 18.2 Å². The van der Waals surface area contributed by atoms with E-state index in [0.717, 1.165) is 6.54 Å². The van der Waals surface area contributed by atoms with Crippen LogP contribution in [0.5, 0.6) is 11.6 Å². The van der Waals surface area contributed by atoms with E-state index in [4.69, 9.17) is 4.74 Å². The van der Waals surface area contributed by atoms with Gasteiger partial charge >= 0.3 is 0 Å². The normalized spacial score (nSPS) is 10.4. The molecule has 2 rings (SSSR count). The fourth-order valence-electron chi connectivity index (χ4n) is 1.48. The van der Waals surface area contributed by atoms with Gasteiger partial charge in [0.1, 0.15) is 17.4 Å². The first-order valence-corrected chi connectivity index (χ1v) is 7.94. The summed E-state index contributed by atoms with van der Waals surface area (Å²) >= 11 is 4.55. The monoisotopic (exact) mass is 357 g/mol. The lowest BCUT2D eigenvalue weighted by Gasteiger charge is -2.09. The zero-order valence-corrected chi connectivity index (χ0v) is 13.4. The van der Waals surface area contributed by atoms with E-state index >= 15 is 0 Å². The summed E-state index contributed by atoms with van der Waals surface area (Å²) in [6.07, 6.45) is 1.89. The zero-order chi connectivity index (χ0) is 14.5. The summed E-state index contributed by atoms with van der Waals surface area (Å²) in [5.74, 6) is 1.28. The molecular formula is C13H13BrFN3OS. The first-order chi connectivity index (χ1) is 9.62. The van der Waals surface area contributed by atoms with E-state index < -0.39 is 0 Å². The molecule has 4 nitrogen and oxygen atoms in total. The highest BCUT2D eigenvalue weighted by molar-refractivity contribution is 9.10. The van der Waals surface area contributed by atoms with Gasteiger partial charge < -0.3 is 10.1 Å². The first-order valence-electron chi connectivity index (χ1n) is 5.92. The van der Waals surface area contributed by atoms with E-state index in [9.17, 15) is 4.39 Å². The fraction of sp³-hybridized carbons (Fsp3) is 0.231. The molecule has 2 aromatic rings. The molecule has 0 aliphatic heterocycles. The van der Waals surface area contributed by atoms with Gasteiger partial charge in [-0.15, -0.1) is 0 Å². The minimum atomic E-state index is -0.335. The average Bonchev–Trinajstić information content (AvgIpc) is 2.43. The molecule has 0 bridgehead atoms. The lowest BCUT2D eigenvalue weighted by molar-refractivity contribution is 0.454. The summed E-state index contributed by atoms with van der Waals surface area (Å²) in [5, 5.41) is 3.73. The molecule has 0 saturated carbocycles. The van der Waals surface area contributed by atoms with Crippen molar-refractivity contribution < 1.29 is 9.13 Å². The standard InChI is InChI=1S/C13H13BrFN3OS/c1-3-16-11-7-12(18-13(17-11)20-2)19-8-4-5-10(15)9(14)6-8/h4-7H,3H2,1-2H3,(H,16,17,18). The summed E-state index contributed by atoms with van der Waals surface area (Å²) in [6.45, 7) is 2.74. The minimum absolute atomic E-state index is 0.335. The first kappa shape index (κ1) is 15.1. The molecule has 0 fully saturated rings. The van der Waals surface area contributed by atoms with Gasteiger partial charge in [0.25, 0.3) is 0 Å². The predicted molar refractivity (Wildman–Crippen MR) is 82.2 cm³/mol. The Morgan fingerprint density at radius 1 is 1.35 bits per heavy atom. The van der Waals surface area contributed by atoms with Crippen molar-refractivity contribution in [1.29, 1.82) is 0 Å². The van der Waals surface area contributed by atoms with E-state index in [1.807, 2.05) is 13.2 Å². The van der Waals surface area contributed by atoms with E-state index in [1.165, 1.54) is 17.8 Å². The number of halogens is 2. The molecule has 0 amide bonds. The SMILES string of the molecule is CCNc1cc(Oc2ccc(F)c(Br)c2)nc(SC)n1. The minimum Gasteiger partial charge on any atom is -0.439 e. The Morgan fingerprint density at radius 2 is 2.15 bits per heavy atom. The van der Waals surface area contributed by atoms with Crippen LogP contribution in [0.3, 0.4) is 0 Å². The van der Waals surface area contributed by atoms with Crippen molar-refractivity contribution in [3.05, 3.63) is 34.6 Å². The highest BCUT2D eigenvalue weighted by atomic mass is 79.9. The third-order valence-corrected chi connectivity index (χ3v) is 3.49. The third-order valence-electron chi connectivity index (χ3n) is 2.34. The Kier molecular flexibility index (Phi) is 5.19. The fourth-order valence-corrected chi connectivity index (χ4v) is 2.21. The summed E-state index contributed by atoms with van der Waals surface area (Å²) in [7, 11) is 0. The predicted octanol–water partition coefficient (Wildman–Crippen LogP) is 4.32. The number of nitrogens with one attached hydrogen (secondary N) is 1. The van der Waals surface area contributed by atoms with Crippen LogP contribution >= 0.6 is 27.7 Å². The summed E-state index contributed by atoms with van der Waals surface area (Å²) in [5.41, 5.74) is 0. The van der Waals surface area contributed by atoms with Gasteiger partial charge in [0.2, 0.25) is 5.88 Å². The summed E-state index contributed by atoms with van der Waals surface area (Å²) in [4.78, 5) is 8.57. The van der Waals surface area contributed by atoms with Crippen molar-refractivity contribution in [1.82, 2.24) is 9.97 Å². The van der Waals surface area contributed by atoms with E-state index in [-0.39, 0.29) is 5.82 Å². The number of rotatable bonds is 5. The van der Waals surface area contributed by atoms with Gasteiger partial charge in [-0.2, -0.15) is 4.98 Å². The lowest BCUT2D eigenvalue weighted by atomic mass is 10.3. The van der Waals surface area contributed by atoms with Crippen LogP contribution in [0.15, 0.2) is 33.9 Å². The Bertz CT molecular complexity index is 612. The van der Waals surface area contributed by atoms with Crippen molar-refractivity contribution in [2.24, 2.45) is 0 Å². The van der Waals surface area contributed by atoms with Crippen LogP contribution in [-0.2, 0) is 0 Å². The summed E-state index contributed by atoms with van der Waals surface area (Å²) < 4.78 is 19.2. The molecule has 106 valence electrons. The maximum absolute atomic E-state index is 13.2. The smallest absolute Gasteiger partial charge is 0.225 e. The molecular weight excluding hydrogens is 345 g/mol. The van der Waals surface area contributed by atoms with Gasteiger partial charge in [0.15, 0.2) is 5.16 Å². The molecule has 1 heterocycles. The van der Waals surface area contributed by atoms with Crippen molar-refractivity contribution in [2.75, 3.05) is 18.1 Å². The Labute approximate surface area is 129 Å². The maximum atomic E-state index is 13.2. The van der Waals surface area contributed by atoms with Crippen LogP contribution < -0.4 is 10.1 Å². The molecule has 1 N–H and O–H groups in total. The van der Waals surface area contributed by atoms with Crippen LogP contribution in [0.4, 0.5) is 10.2 Å². The molecule has 1 aromatic heterocycles. The van der Waals surface area contributed by atoms with Crippen molar-refractivity contribution in [3.63, 3.8) is 0 Å². The highest BCUT2D eigenvalue weighted by Gasteiger charge is 2.07. The number of hydrogen-bond donors (Lipinski definition) is 1. The van der Waals surface area contributed by atoms with Crippen molar-refractivity contribution in [3.8, 4) is 11.6 Å². The van der Waals surface area contributed by atoms with Crippen LogP contribution in [0.25, 0.3) is 0 Å². The van der Waals surface area contributed by atoms with Gasteiger partial charge in [-0.05, 0) is 47.3 Å². The van der Waals surface area contributed by atoms with Gasteiger partial charge in [0.05, 0.1) is 4.47 Å². The second kappa shape index (κ2) is 6.90. The lowest BCUT2D eigenvalue weighted by Crippen LogP contribution is -2.02. The van der Waals surface area contributed by atoms with Crippen molar-refractivity contribution in [2.45, 2.75) is 12.1 Å². The van der Waals surface area contributed by atoms with Crippen molar-refractivity contribution >= 4 is 33.5 Å². The van der Waals surface area contributed by atoms with Crippen LogP contribution in [0, 0.1) is 5.82 Å². The van der Waals surface area contributed by atoms with Crippen LogP contribution in [0.1, 0.15) is 6.92 Å². The largest absolute Gasteiger partial charge is 0.439 e. The third kappa shape index (κ3) is 3.83. The zero-order valence-electron chi connectivity index (χ0n) is 11.0. The number of benzene rings is 1. The number of thioether (sulfide) groups is 1. The average molecular weight is 358 g/mol. The molecule has 0 aliphatic carbocycles. The number of nitrogens with zero attached hydrogens (tertiary/aromatic N) is 2. The Morgan fingerprint density at radius 3 is 2.80 bits per heavy atom. The second-order valence-electron chi connectivity index (χ2n) is 3.79. The van der Waals surface area contributed by atoms with Gasteiger partial charge in [-0.3, -0.25) is 0 Å². The van der Waals surface area contributed by atoms with E-state index in [0.29, 0.717) is 27.1 Å². The molecule has 0 spiro atoms. The number of ether oxygens (including phenoxy) is 1. The number of anilines is 1. The highest BCUT2D eigenvalue weighted by Crippen LogP contribution is 2.27. The second-order valence-corrected chi connectivity index (χ2v) is 5.41. The molecule has 0 saturated heterocycles. The Balaban J connectivity index is 2.27. The molecule has 0 atom stereocenters. The van der Waals surface area contributed by atoms with E-state index in [2.05, 4.69) is 31.2 Å². The van der Waals surface area contributed by atoms with Gasteiger partial charge in [-0.25, -0.2) is 9.37 Å². The van der Waals surface area contributed by atoms with Crippen LogP contribution in [0.2, 0.25) is 0 Å². The topological polar surface area (TPSA) is 47.0 Å². The Hall–Kier alpha value is -1.34. The molecule has 7 heteroatoms. The number of aromatic nitrogens is 2. The molecule has 1 aromatic carbocycles. The van der Waals surface area contributed by atoms with Gasteiger partial charge in [0, 0.05) is 12.6 Å². The molecule has 0 radical (unpaired) electrons. The van der Waals surface area contributed by atoms with Gasteiger partial charge in [-0.1, -0.05) is 11.8 Å². The van der Waals surface area contributed by atoms with Crippen LogP contribution in [-0.4, -0.2) is 22.8 Å². The number of hydrogen-bond acceptors (Lipinski definition) is 5. The summed E-state index contributed by atoms with van der Waals surface area (Å²) in [6, 6.07) is 6.15. The molecule has 0 unspecified atom stereocenters. The molecule has 0 aliphatic rings. The maximum Gasteiger partial charge on any atom is 0.225 e.